The molecule has 2 rings (SSSR count). The van der Waals surface area contributed by atoms with Gasteiger partial charge < -0.3 is 9.84 Å². The van der Waals surface area contributed by atoms with Gasteiger partial charge in [0.2, 0.25) is 0 Å². The van der Waals surface area contributed by atoms with Crippen molar-refractivity contribution in [1.82, 2.24) is 9.78 Å². The third kappa shape index (κ3) is 4.08. The fourth-order valence-electron chi connectivity index (χ4n) is 1.72. The van der Waals surface area contributed by atoms with Gasteiger partial charge in [0.15, 0.2) is 0 Å². The number of aromatic nitrogens is 2. The van der Waals surface area contributed by atoms with E-state index >= 15 is 0 Å². The van der Waals surface area contributed by atoms with Gasteiger partial charge in [0, 0.05) is 16.2 Å². The van der Waals surface area contributed by atoms with E-state index in [-0.39, 0.29) is 0 Å². The molecule has 0 aliphatic heterocycles. The molecule has 102 valence electrons. The van der Waals surface area contributed by atoms with Crippen LogP contribution >= 0.6 is 15.9 Å². The number of aliphatic hydroxyl groups excluding tert-OH is 1. The van der Waals surface area contributed by atoms with Crippen LogP contribution in [0.1, 0.15) is 25.0 Å². The van der Waals surface area contributed by atoms with Crippen LogP contribution in [0.15, 0.2) is 41.1 Å². The molecule has 0 amide bonds. The third-order valence-electron chi connectivity index (χ3n) is 2.81. The van der Waals surface area contributed by atoms with Gasteiger partial charge in [0.05, 0.1) is 18.8 Å². The number of benzene rings is 1. The van der Waals surface area contributed by atoms with Crippen LogP contribution in [0.4, 0.5) is 0 Å². The smallest absolute Gasteiger partial charge is 0.120 e. The van der Waals surface area contributed by atoms with Crippen LogP contribution in [0.5, 0.6) is 5.75 Å². The summed E-state index contributed by atoms with van der Waals surface area (Å²) in [6, 6.07) is 7.73. The molecule has 1 aromatic heterocycles. The lowest BCUT2D eigenvalue weighted by atomic mass is 10.2. The van der Waals surface area contributed by atoms with Crippen molar-refractivity contribution < 1.29 is 9.84 Å². The molecule has 5 heteroatoms. The van der Waals surface area contributed by atoms with E-state index in [1.165, 1.54) is 0 Å². The normalized spacial score (nSPS) is 12.4. The average Bonchev–Trinajstić information content (AvgIpc) is 2.87. The Morgan fingerprint density at radius 3 is 3.05 bits per heavy atom. The third-order valence-corrected chi connectivity index (χ3v) is 3.30. The molecule has 2 aromatic rings. The van der Waals surface area contributed by atoms with E-state index in [1.54, 1.807) is 10.9 Å². The zero-order valence-corrected chi connectivity index (χ0v) is 12.4. The van der Waals surface area contributed by atoms with Gasteiger partial charge in [-0.3, -0.25) is 4.68 Å². The molecule has 0 saturated carbocycles. The van der Waals surface area contributed by atoms with Gasteiger partial charge in [-0.2, -0.15) is 5.10 Å². The zero-order chi connectivity index (χ0) is 13.7. The lowest BCUT2D eigenvalue weighted by molar-refractivity contribution is 0.173. The van der Waals surface area contributed by atoms with Crippen LogP contribution in [0.25, 0.3) is 0 Å². The number of hydrogen-bond donors (Lipinski definition) is 1. The van der Waals surface area contributed by atoms with Crippen molar-refractivity contribution in [3.63, 3.8) is 0 Å². The summed E-state index contributed by atoms with van der Waals surface area (Å²) >= 11 is 3.40. The van der Waals surface area contributed by atoms with Gasteiger partial charge in [0.25, 0.3) is 0 Å². The Morgan fingerprint density at radius 1 is 1.47 bits per heavy atom. The molecule has 19 heavy (non-hydrogen) atoms. The van der Waals surface area contributed by atoms with Crippen molar-refractivity contribution in [2.24, 2.45) is 0 Å². The summed E-state index contributed by atoms with van der Waals surface area (Å²) in [6.07, 6.45) is 3.83. The first-order valence-corrected chi connectivity index (χ1v) is 7.07. The Hall–Kier alpha value is -1.33. The van der Waals surface area contributed by atoms with Crippen LogP contribution in [-0.4, -0.2) is 21.5 Å². The minimum absolute atomic E-state index is 0.431. The Labute approximate surface area is 121 Å². The van der Waals surface area contributed by atoms with Crippen LogP contribution in [0.2, 0.25) is 0 Å². The van der Waals surface area contributed by atoms with E-state index in [9.17, 15) is 5.11 Å². The molecule has 1 atom stereocenters. The lowest BCUT2D eigenvalue weighted by Crippen LogP contribution is -2.08. The van der Waals surface area contributed by atoms with Gasteiger partial charge in [0.1, 0.15) is 12.4 Å². The quantitative estimate of drug-likeness (QED) is 0.887. The summed E-state index contributed by atoms with van der Waals surface area (Å²) < 4.78 is 8.42. The molecule has 4 nitrogen and oxygen atoms in total. The Bertz CT molecular complexity index is 528. The van der Waals surface area contributed by atoms with Crippen molar-refractivity contribution in [1.29, 1.82) is 0 Å². The second kappa shape index (κ2) is 6.73. The Kier molecular flexibility index (Phi) is 4.99. The minimum Gasteiger partial charge on any atom is -0.492 e. The van der Waals surface area contributed by atoms with Crippen molar-refractivity contribution in [3.8, 4) is 5.75 Å². The van der Waals surface area contributed by atoms with E-state index in [2.05, 4.69) is 21.0 Å². The highest BCUT2D eigenvalue weighted by molar-refractivity contribution is 9.10. The number of rotatable bonds is 6. The van der Waals surface area contributed by atoms with E-state index in [0.29, 0.717) is 19.6 Å². The SMILES string of the molecule is CCC(O)c1cnn(CCOc2cccc(Br)c2)c1. The molecule has 1 unspecified atom stereocenters. The summed E-state index contributed by atoms with van der Waals surface area (Å²) in [4.78, 5) is 0. The molecule has 0 bridgehead atoms. The van der Waals surface area contributed by atoms with E-state index in [4.69, 9.17) is 4.74 Å². The molecule has 0 radical (unpaired) electrons. The summed E-state index contributed by atoms with van der Waals surface area (Å²) in [5, 5.41) is 13.9. The van der Waals surface area contributed by atoms with Gasteiger partial charge in [-0.25, -0.2) is 0 Å². The number of aliphatic hydroxyl groups is 1. The fraction of sp³-hybridized carbons (Fsp3) is 0.357. The van der Waals surface area contributed by atoms with Crippen LogP contribution in [-0.2, 0) is 6.54 Å². The second-order valence-electron chi connectivity index (χ2n) is 4.27. The molecule has 1 aromatic carbocycles. The first-order valence-electron chi connectivity index (χ1n) is 6.28. The molecule has 0 aliphatic carbocycles. The highest BCUT2D eigenvalue weighted by atomic mass is 79.9. The molecule has 0 saturated heterocycles. The number of ether oxygens (including phenoxy) is 1. The van der Waals surface area contributed by atoms with Crippen molar-refractivity contribution in [3.05, 3.63) is 46.7 Å². The highest BCUT2D eigenvalue weighted by Gasteiger charge is 2.07. The number of hydrogen-bond acceptors (Lipinski definition) is 3. The minimum atomic E-state index is -0.431. The van der Waals surface area contributed by atoms with Gasteiger partial charge in [-0.05, 0) is 24.6 Å². The maximum Gasteiger partial charge on any atom is 0.120 e. The maximum atomic E-state index is 9.69. The average molecular weight is 325 g/mol. The lowest BCUT2D eigenvalue weighted by Gasteiger charge is -2.06. The monoisotopic (exact) mass is 324 g/mol. The summed E-state index contributed by atoms with van der Waals surface area (Å²) in [6.45, 7) is 3.14. The molecule has 1 N–H and O–H groups in total. The molecule has 1 heterocycles. The summed E-state index contributed by atoms with van der Waals surface area (Å²) in [5.41, 5.74) is 0.852. The largest absolute Gasteiger partial charge is 0.492 e. The maximum absolute atomic E-state index is 9.69. The van der Waals surface area contributed by atoms with E-state index < -0.39 is 6.10 Å². The van der Waals surface area contributed by atoms with Crippen LogP contribution < -0.4 is 4.74 Å². The van der Waals surface area contributed by atoms with Crippen molar-refractivity contribution in [2.75, 3.05) is 6.61 Å². The Morgan fingerprint density at radius 2 is 2.32 bits per heavy atom. The molecule has 0 spiro atoms. The van der Waals surface area contributed by atoms with Gasteiger partial charge in [-0.15, -0.1) is 0 Å². The highest BCUT2D eigenvalue weighted by Crippen LogP contribution is 2.18. The van der Waals surface area contributed by atoms with Gasteiger partial charge >= 0.3 is 0 Å². The predicted octanol–water partition coefficient (Wildman–Crippen LogP) is 3.17. The van der Waals surface area contributed by atoms with Gasteiger partial charge in [-0.1, -0.05) is 28.9 Å². The van der Waals surface area contributed by atoms with E-state index in [1.807, 2.05) is 37.4 Å². The van der Waals surface area contributed by atoms with Crippen LogP contribution in [0.3, 0.4) is 0 Å². The first kappa shape index (κ1) is 14.1. The number of halogens is 1. The first-order chi connectivity index (χ1) is 9.19. The fourth-order valence-corrected chi connectivity index (χ4v) is 2.10. The number of nitrogens with zero attached hydrogens (tertiary/aromatic N) is 2. The molecule has 0 aliphatic rings. The molecular formula is C14H17BrN2O2. The second-order valence-corrected chi connectivity index (χ2v) is 5.18. The topological polar surface area (TPSA) is 47.3 Å². The Balaban J connectivity index is 1.84. The molecule has 0 fully saturated rings. The van der Waals surface area contributed by atoms with Crippen molar-refractivity contribution in [2.45, 2.75) is 26.0 Å². The van der Waals surface area contributed by atoms with Crippen molar-refractivity contribution >= 4 is 15.9 Å². The van der Waals surface area contributed by atoms with Crippen LogP contribution in [0, 0.1) is 0 Å². The summed E-state index contributed by atoms with van der Waals surface area (Å²) in [7, 11) is 0. The van der Waals surface area contributed by atoms with E-state index in [0.717, 1.165) is 15.8 Å². The predicted molar refractivity (Wildman–Crippen MR) is 77.1 cm³/mol. The molecular weight excluding hydrogens is 308 g/mol. The standard InChI is InChI=1S/C14H17BrN2O2/c1-2-14(18)11-9-16-17(10-11)6-7-19-13-5-3-4-12(15)8-13/h3-5,8-10,14,18H,2,6-7H2,1H3. The zero-order valence-electron chi connectivity index (χ0n) is 10.8. The summed E-state index contributed by atoms with van der Waals surface area (Å²) in [5.74, 6) is 0.829.